The molecule has 0 fully saturated rings. The minimum atomic E-state index is -0.627. The molecule has 0 aliphatic carbocycles. The molecular weight excluding hydrogens is 356 g/mol. The molecule has 3 aromatic rings. The van der Waals surface area contributed by atoms with Gasteiger partial charge in [-0.15, -0.1) is 0 Å². The SMILES string of the molecule is Cn1c(C(=O)NC2COc3cc(C(N)=O)ncc32)cc2ccc(Cl)cc21. The second-order valence-electron chi connectivity index (χ2n) is 6.10. The third-order valence-corrected chi connectivity index (χ3v) is 4.71. The predicted octanol–water partition coefficient (Wildman–Crippen LogP) is 2.19. The lowest BCUT2D eigenvalue weighted by Gasteiger charge is -2.12. The van der Waals surface area contributed by atoms with Crippen LogP contribution in [0.4, 0.5) is 0 Å². The zero-order valence-electron chi connectivity index (χ0n) is 13.8. The number of carbonyl (C=O) groups is 2. The standard InChI is InChI=1S/C18H15ClN4O3/c1-23-14-5-10(19)3-2-9(14)4-15(23)18(25)22-13-8-26-16-6-12(17(20)24)21-7-11(13)16/h2-7,13H,8H2,1H3,(H2,20,24)(H,22,25). The van der Waals surface area contributed by atoms with Crippen molar-refractivity contribution in [1.29, 1.82) is 0 Å². The summed E-state index contributed by atoms with van der Waals surface area (Å²) in [5.41, 5.74) is 7.45. The van der Waals surface area contributed by atoms with E-state index >= 15 is 0 Å². The molecule has 2 amide bonds. The number of hydrogen-bond donors (Lipinski definition) is 2. The molecule has 1 aromatic carbocycles. The molecule has 3 heterocycles. The average Bonchev–Trinajstić information content (AvgIpc) is 3.16. The maximum Gasteiger partial charge on any atom is 0.268 e. The van der Waals surface area contributed by atoms with Crippen LogP contribution in [0.15, 0.2) is 36.5 Å². The van der Waals surface area contributed by atoms with Gasteiger partial charge in [0.15, 0.2) is 0 Å². The summed E-state index contributed by atoms with van der Waals surface area (Å²) in [4.78, 5) is 28.0. The van der Waals surface area contributed by atoms with Crippen molar-refractivity contribution in [2.24, 2.45) is 12.8 Å². The Balaban J connectivity index is 1.61. The Labute approximate surface area is 153 Å². The van der Waals surface area contributed by atoms with Crippen LogP contribution in [0.3, 0.4) is 0 Å². The summed E-state index contributed by atoms with van der Waals surface area (Å²) in [5.74, 6) is -0.360. The van der Waals surface area contributed by atoms with E-state index in [0.29, 0.717) is 22.0 Å². The summed E-state index contributed by atoms with van der Waals surface area (Å²) in [6, 6.07) is 8.42. The van der Waals surface area contributed by atoms with E-state index in [9.17, 15) is 9.59 Å². The Morgan fingerprint density at radius 2 is 2.15 bits per heavy atom. The van der Waals surface area contributed by atoms with Crippen LogP contribution < -0.4 is 15.8 Å². The summed E-state index contributed by atoms with van der Waals surface area (Å²) < 4.78 is 7.35. The summed E-state index contributed by atoms with van der Waals surface area (Å²) in [6.45, 7) is 0.265. The first-order chi connectivity index (χ1) is 12.4. The van der Waals surface area contributed by atoms with Crippen molar-refractivity contribution in [1.82, 2.24) is 14.9 Å². The van der Waals surface area contributed by atoms with Gasteiger partial charge in [-0.25, -0.2) is 0 Å². The zero-order chi connectivity index (χ0) is 18.4. The topological polar surface area (TPSA) is 99.2 Å². The molecule has 7 nitrogen and oxygen atoms in total. The fourth-order valence-electron chi connectivity index (χ4n) is 3.10. The number of aryl methyl sites for hydroxylation is 1. The third kappa shape index (κ3) is 2.66. The van der Waals surface area contributed by atoms with Gasteiger partial charge < -0.3 is 20.4 Å². The van der Waals surface area contributed by atoms with E-state index in [-0.39, 0.29) is 24.2 Å². The van der Waals surface area contributed by atoms with Gasteiger partial charge in [-0.1, -0.05) is 17.7 Å². The Kier molecular flexibility index (Phi) is 3.81. The van der Waals surface area contributed by atoms with Crippen LogP contribution in [-0.4, -0.2) is 28.0 Å². The van der Waals surface area contributed by atoms with Gasteiger partial charge in [-0.3, -0.25) is 14.6 Å². The highest BCUT2D eigenvalue weighted by Gasteiger charge is 2.28. The van der Waals surface area contributed by atoms with E-state index in [1.54, 1.807) is 10.6 Å². The van der Waals surface area contributed by atoms with E-state index in [1.165, 1.54) is 12.3 Å². The maximum atomic E-state index is 12.7. The van der Waals surface area contributed by atoms with Crippen LogP contribution >= 0.6 is 11.6 Å². The molecule has 1 atom stereocenters. The molecule has 4 rings (SSSR count). The van der Waals surface area contributed by atoms with Crippen molar-refractivity contribution < 1.29 is 14.3 Å². The first-order valence-corrected chi connectivity index (χ1v) is 8.30. The van der Waals surface area contributed by atoms with Crippen molar-refractivity contribution in [3.8, 4) is 5.75 Å². The van der Waals surface area contributed by atoms with Crippen LogP contribution in [0.5, 0.6) is 5.75 Å². The summed E-state index contributed by atoms with van der Waals surface area (Å²) in [7, 11) is 1.81. The van der Waals surface area contributed by atoms with Crippen molar-refractivity contribution in [3.63, 3.8) is 0 Å². The minimum Gasteiger partial charge on any atom is -0.491 e. The molecule has 3 N–H and O–H groups in total. The van der Waals surface area contributed by atoms with Crippen molar-refractivity contribution in [2.45, 2.75) is 6.04 Å². The number of hydrogen-bond acceptors (Lipinski definition) is 4. The van der Waals surface area contributed by atoms with Crippen molar-refractivity contribution in [2.75, 3.05) is 6.61 Å². The molecule has 0 saturated heterocycles. The zero-order valence-corrected chi connectivity index (χ0v) is 14.6. The predicted molar refractivity (Wildman–Crippen MR) is 96.4 cm³/mol. The van der Waals surface area contributed by atoms with Gasteiger partial charge in [0.1, 0.15) is 23.7 Å². The lowest BCUT2D eigenvalue weighted by Crippen LogP contribution is -2.30. The molecule has 0 radical (unpaired) electrons. The van der Waals surface area contributed by atoms with Gasteiger partial charge in [-0.2, -0.15) is 0 Å². The fourth-order valence-corrected chi connectivity index (χ4v) is 3.27. The number of carbonyl (C=O) groups excluding carboxylic acids is 2. The average molecular weight is 371 g/mol. The van der Waals surface area contributed by atoms with Gasteiger partial charge in [0.2, 0.25) is 0 Å². The largest absolute Gasteiger partial charge is 0.491 e. The van der Waals surface area contributed by atoms with Crippen LogP contribution in [0.2, 0.25) is 5.02 Å². The number of nitrogens with zero attached hydrogens (tertiary/aromatic N) is 2. The Hall–Kier alpha value is -3.06. The number of rotatable bonds is 3. The highest BCUT2D eigenvalue weighted by atomic mass is 35.5. The summed E-state index contributed by atoms with van der Waals surface area (Å²) >= 11 is 6.04. The number of halogens is 1. The number of benzene rings is 1. The molecule has 0 saturated carbocycles. The summed E-state index contributed by atoms with van der Waals surface area (Å²) in [5, 5.41) is 4.48. The van der Waals surface area contributed by atoms with E-state index < -0.39 is 5.91 Å². The second-order valence-corrected chi connectivity index (χ2v) is 6.54. The number of amides is 2. The van der Waals surface area contributed by atoms with E-state index in [0.717, 1.165) is 10.9 Å². The first kappa shape index (κ1) is 16.4. The highest BCUT2D eigenvalue weighted by Crippen LogP contribution is 2.32. The lowest BCUT2D eigenvalue weighted by atomic mass is 10.1. The molecule has 2 aromatic heterocycles. The molecule has 26 heavy (non-hydrogen) atoms. The van der Waals surface area contributed by atoms with Crippen LogP contribution in [-0.2, 0) is 7.05 Å². The molecule has 0 spiro atoms. The van der Waals surface area contributed by atoms with Gasteiger partial charge in [-0.05, 0) is 18.2 Å². The molecule has 1 unspecified atom stereocenters. The number of fused-ring (bicyclic) bond motifs is 2. The number of primary amides is 1. The normalized spacial score (nSPS) is 15.5. The molecule has 1 aliphatic rings. The van der Waals surface area contributed by atoms with Gasteiger partial charge in [0.05, 0.1) is 6.04 Å². The lowest BCUT2D eigenvalue weighted by molar-refractivity contribution is 0.0921. The molecule has 0 bridgehead atoms. The smallest absolute Gasteiger partial charge is 0.268 e. The molecule has 1 aliphatic heterocycles. The third-order valence-electron chi connectivity index (χ3n) is 4.47. The van der Waals surface area contributed by atoms with Crippen molar-refractivity contribution in [3.05, 3.63) is 58.5 Å². The summed E-state index contributed by atoms with van der Waals surface area (Å²) in [6.07, 6.45) is 1.51. The quantitative estimate of drug-likeness (QED) is 0.738. The van der Waals surface area contributed by atoms with E-state index in [4.69, 9.17) is 22.1 Å². The Bertz CT molecular complexity index is 1060. The fraction of sp³-hybridized carbons (Fsp3) is 0.167. The van der Waals surface area contributed by atoms with Gasteiger partial charge in [0.25, 0.3) is 11.8 Å². The number of nitrogens with two attached hydrogens (primary N) is 1. The monoisotopic (exact) mass is 370 g/mol. The highest BCUT2D eigenvalue weighted by molar-refractivity contribution is 6.31. The Morgan fingerprint density at radius 1 is 1.35 bits per heavy atom. The van der Waals surface area contributed by atoms with Crippen LogP contribution in [0.1, 0.15) is 32.6 Å². The van der Waals surface area contributed by atoms with Gasteiger partial charge in [0, 0.05) is 40.8 Å². The number of aromatic nitrogens is 2. The first-order valence-electron chi connectivity index (χ1n) is 7.92. The van der Waals surface area contributed by atoms with Crippen molar-refractivity contribution >= 4 is 34.3 Å². The maximum absolute atomic E-state index is 12.7. The van der Waals surface area contributed by atoms with Gasteiger partial charge >= 0.3 is 0 Å². The molecule has 132 valence electrons. The van der Waals surface area contributed by atoms with Crippen LogP contribution in [0.25, 0.3) is 10.9 Å². The minimum absolute atomic E-state index is 0.126. The molecule has 8 heteroatoms. The molecular formula is C18H15ClN4O3. The number of nitrogens with one attached hydrogen (secondary N) is 1. The van der Waals surface area contributed by atoms with E-state index in [2.05, 4.69) is 10.3 Å². The van der Waals surface area contributed by atoms with Crippen LogP contribution in [0, 0.1) is 0 Å². The number of pyridine rings is 1. The Morgan fingerprint density at radius 3 is 2.92 bits per heavy atom. The second kappa shape index (κ2) is 6.03. The number of ether oxygens (including phenoxy) is 1. The van der Waals surface area contributed by atoms with E-state index in [1.807, 2.05) is 25.2 Å².